The SMILES string of the molecule is COc1ccc(-c2oc3c(C)cc(C)cc3c(=O)c2OC(=O)c2ccc(Br)o2)cc1. The lowest BCUT2D eigenvalue weighted by Gasteiger charge is -2.12. The molecule has 2 aromatic heterocycles. The van der Waals surface area contributed by atoms with Crippen molar-refractivity contribution in [1.29, 1.82) is 0 Å². The van der Waals surface area contributed by atoms with Crippen LogP contribution in [0.4, 0.5) is 0 Å². The van der Waals surface area contributed by atoms with E-state index in [1.54, 1.807) is 43.5 Å². The first-order chi connectivity index (χ1) is 14.4. The number of carbonyl (C=O) groups excluding carboxylic acids is 1. The largest absolute Gasteiger partial charge is 0.497 e. The van der Waals surface area contributed by atoms with Crippen LogP contribution in [0, 0.1) is 13.8 Å². The maximum atomic E-state index is 13.3. The molecule has 0 amide bonds. The minimum Gasteiger partial charge on any atom is -0.497 e. The van der Waals surface area contributed by atoms with Crippen molar-refractivity contribution in [3.05, 3.63) is 80.3 Å². The van der Waals surface area contributed by atoms with Crippen molar-refractivity contribution in [3.8, 4) is 22.8 Å². The molecule has 30 heavy (non-hydrogen) atoms. The van der Waals surface area contributed by atoms with Crippen LogP contribution in [0.2, 0.25) is 0 Å². The van der Waals surface area contributed by atoms with Crippen molar-refractivity contribution in [2.75, 3.05) is 7.11 Å². The summed E-state index contributed by atoms with van der Waals surface area (Å²) in [5.74, 6) is -0.238. The van der Waals surface area contributed by atoms with E-state index >= 15 is 0 Å². The molecule has 7 heteroatoms. The lowest BCUT2D eigenvalue weighted by Crippen LogP contribution is -2.16. The lowest BCUT2D eigenvalue weighted by atomic mass is 10.1. The first kappa shape index (κ1) is 20.0. The van der Waals surface area contributed by atoms with Crippen LogP contribution in [0.5, 0.6) is 11.5 Å². The maximum Gasteiger partial charge on any atom is 0.379 e. The van der Waals surface area contributed by atoms with Gasteiger partial charge in [-0.25, -0.2) is 4.79 Å². The van der Waals surface area contributed by atoms with Gasteiger partial charge in [-0.15, -0.1) is 0 Å². The summed E-state index contributed by atoms with van der Waals surface area (Å²) in [7, 11) is 1.56. The number of ether oxygens (including phenoxy) is 2. The number of halogens is 1. The second kappa shape index (κ2) is 7.84. The smallest absolute Gasteiger partial charge is 0.379 e. The van der Waals surface area contributed by atoms with Crippen LogP contribution in [0.15, 0.2) is 66.8 Å². The van der Waals surface area contributed by atoms with E-state index in [1.807, 2.05) is 19.9 Å². The molecule has 0 radical (unpaired) electrons. The summed E-state index contributed by atoms with van der Waals surface area (Å²) in [6.07, 6.45) is 0. The average Bonchev–Trinajstić information content (AvgIpc) is 3.17. The van der Waals surface area contributed by atoms with Gasteiger partial charge in [-0.05, 0) is 83.4 Å². The van der Waals surface area contributed by atoms with Crippen LogP contribution in [-0.4, -0.2) is 13.1 Å². The first-order valence-electron chi connectivity index (χ1n) is 9.07. The highest BCUT2D eigenvalue weighted by Crippen LogP contribution is 2.34. The Balaban J connectivity index is 1.93. The van der Waals surface area contributed by atoms with Gasteiger partial charge in [0.15, 0.2) is 10.4 Å². The fourth-order valence-electron chi connectivity index (χ4n) is 3.22. The molecule has 0 spiro atoms. The molecule has 0 atom stereocenters. The fraction of sp³-hybridized carbons (Fsp3) is 0.130. The van der Waals surface area contributed by atoms with Crippen LogP contribution < -0.4 is 14.9 Å². The number of fused-ring (bicyclic) bond motifs is 1. The number of rotatable bonds is 4. The Morgan fingerprint density at radius 3 is 2.37 bits per heavy atom. The minimum absolute atomic E-state index is 0.0394. The molecule has 0 N–H and O–H groups in total. The molecular formula is C23H17BrO6. The average molecular weight is 469 g/mol. The molecule has 4 aromatic rings. The van der Waals surface area contributed by atoms with E-state index in [-0.39, 0.29) is 17.3 Å². The summed E-state index contributed by atoms with van der Waals surface area (Å²) in [5, 5.41) is 0.341. The molecule has 0 aliphatic carbocycles. The Morgan fingerprint density at radius 1 is 1.00 bits per heavy atom. The Hall–Kier alpha value is -3.32. The predicted octanol–water partition coefficient (Wildman–Crippen LogP) is 5.66. The molecule has 0 bridgehead atoms. The Kier molecular flexibility index (Phi) is 5.22. The van der Waals surface area contributed by atoms with E-state index in [1.165, 1.54) is 6.07 Å². The highest BCUT2D eigenvalue weighted by Gasteiger charge is 2.23. The number of hydrogen-bond donors (Lipinski definition) is 0. The lowest BCUT2D eigenvalue weighted by molar-refractivity contribution is 0.0696. The highest BCUT2D eigenvalue weighted by molar-refractivity contribution is 9.10. The molecule has 0 saturated carbocycles. The van der Waals surface area contributed by atoms with Crippen molar-refractivity contribution >= 4 is 32.9 Å². The number of esters is 1. The van der Waals surface area contributed by atoms with Crippen molar-refractivity contribution in [2.45, 2.75) is 13.8 Å². The Bertz CT molecular complexity index is 1310. The summed E-state index contributed by atoms with van der Waals surface area (Å²) in [4.78, 5) is 25.9. The topological polar surface area (TPSA) is 78.9 Å². The van der Waals surface area contributed by atoms with Gasteiger partial charge in [-0.3, -0.25) is 4.79 Å². The predicted molar refractivity (Wildman–Crippen MR) is 115 cm³/mol. The number of methoxy groups -OCH3 is 1. The van der Waals surface area contributed by atoms with Crippen LogP contribution in [-0.2, 0) is 0 Å². The summed E-state index contributed by atoms with van der Waals surface area (Å²) >= 11 is 3.15. The zero-order valence-corrected chi connectivity index (χ0v) is 18.0. The van der Waals surface area contributed by atoms with Crippen molar-refractivity contribution in [1.82, 2.24) is 0 Å². The van der Waals surface area contributed by atoms with E-state index in [9.17, 15) is 9.59 Å². The molecule has 0 aliphatic rings. The van der Waals surface area contributed by atoms with Gasteiger partial charge in [0.25, 0.3) is 0 Å². The van der Waals surface area contributed by atoms with Gasteiger partial charge in [-0.1, -0.05) is 6.07 Å². The molecule has 6 nitrogen and oxygen atoms in total. The summed E-state index contributed by atoms with van der Waals surface area (Å²) in [5.41, 5.74) is 2.28. The van der Waals surface area contributed by atoms with E-state index in [2.05, 4.69) is 15.9 Å². The van der Waals surface area contributed by atoms with Crippen LogP contribution in [0.1, 0.15) is 21.7 Å². The zero-order chi connectivity index (χ0) is 21.4. The van der Waals surface area contributed by atoms with E-state index < -0.39 is 11.4 Å². The van der Waals surface area contributed by atoms with Gasteiger partial charge in [0, 0.05) is 5.56 Å². The summed E-state index contributed by atoms with van der Waals surface area (Å²) in [6, 6.07) is 13.6. The highest BCUT2D eigenvalue weighted by atomic mass is 79.9. The molecule has 0 fully saturated rings. The van der Waals surface area contributed by atoms with Crippen molar-refractivity contribution in [2.24, 2.45) is 0 Å². The second-order valence-corrected chi connectivity index (χ2v) is 7.55. The third-order valence-corrected chi connectivity index (χ3v) is 5.03. The molecule has 152 valence electrons. The van der Waals surface area contributed by atoms with E-state index in [4.69, 9.17) is 18.3 Å². The van der Waals surface area contributed by atoms with Crippen molar-refractivity contribution in [3.63, 3.8) is 0 Å². The molecule has 0 unspecified atom stereocenters. The standard InChI is InChI=1S/C23H17BrO6/c1-12-10-13(2)20-16(11-12)19(25)22(30-23(26)17-8-9-18(24)28-17)21(29-20)14-4-6-15(27-3)7-5-14/h4-11H,1-3H3. The zero-order valence-electron chi connectivity index (χ0n) is 16.4. The summed E-state index contributed by atoms with van der Waals surface area (Å²) in [6.45, 7) is 3.75. The molecular weight excluding hydrogens is 452 g/mol. The van der Waals surface area contributed by atoms with Crippen molar-refractivity contribution < 1.29 is 23.1 Å². The van der Waals surface area contributed by atoms with Gasteiger partial charge in [0.1, 0.15) is 11.3 Å². The third-order valence-electron chi connectivity index (χ3n) is 4.60. The number of carbonyl (C=O) groups is 1. The van der Waals surface area contributed by atoms with Gasteiger partial charge in [0.2, 0.25) is 16.9 Å². The second-order valence-electron chi connectivity index (χ2n) is 6.77. The quantitative estimate of drug-likeness (QED) is 0.359. The van der Waals surface area contributed by atoms with Crippen LogP contribution in [0.3, 0.4) is 0 Å². The Labute approximate surface area is 180 Å². The van der Waals surface area contributed by atoms with Crippen LogP contribution in [0.25, 0.3) is 22.3 Å². The molecule has 2 heterocycles. The van der Waals surface area contributed by atoms with Gasteiger partial charge >= 0.3 is 5.97 Å². The van der Waals surface area contributed by atoms with E-state index in [0.29, 0.717) is 27.0 Å². The molecule has 2 aromatic carbocycles. The number of furan rings is 1. The van der Waals surface area contributed by atoms with Gasteiger partial charge < -0.3 is 18.3 Å². The molecule has 0 saturated heterocycles. The monoisotopic (exact) mass is 468 g/mol. The third kappa shape index (κ3) is 3.64. The minimum atomic E-state index is -0.800. The van der Waals surface area contributed by atoms with Crippen LogP contribution >= 0.6 is 15.9 Å². The van der Waals surface area contributed by atoms with E-state index in [0.717, 1.165) is 11.1 Å². The fourth-order valence-corrected chi connectivity index (χ4v) is 3.53. The maximum absolute atomic E-state index is 13.3. The number of aryl methyl sites for hydroxylation is 2. The number of hydrogen-bond acceptors (Lipinski definition) is 6. The first-order valence-corrected chi connectivity index (χ1v) is 9.86. The normalized spacial score (nSPS) is 10.9. The van der Waals surface area contributed by atoms with Gasteiger partial charge in [-0.2, -0.15) is 0 Å². The van der Waals surface area contributed by atoms with Gasteiger partial charge in [0.05, 0.1) is 12.5 Å². The summed E-state index contributed by atoms with van der Waals surface area (Å²) < 4.78 is 22.4. The molecule has 0 aliphatic heterocycles. The number of benzene rings is 2. The Morgan fingerprint density at radius 2 is 1.73 bits per heavy atom. The molecule has 4 rings (SSSR count).